The third kappa shape index (κ3) is 2.60. The molecule has 0 bridgehead atoms. The number of nitrogens with two attached hydrogens (primary N) is 1. The van der Waals surface area contributed by atoms with Crippen LogP contribution in [0.4, 0.5) is 0 Å². The zero-order valence-electron chi connectivity index (χ0n) is 11.1. The van der Waals surface area contributed by atoms with Crippen molar-refractivity contribution < 1.29 is 0 Å². The zero-order valence-corrected chi connectivity index (χ0v) is 11.1. The third-order valence-corrected chi connectivity index (χ3v) is 3.28. The fraction of sp³-hybridized carbons (Fsp3) is 0.125. The molecule has 1 heterocycles. The maximum Gasteiger partial charge on any atom is 0.0889 e. The van der Waals surface area contributed by atoms with E-state index < -0.39 is 0 Å². The van der Waals surface area contributed by atoms with E-state index in [1.807, 2.05) is 35.0 Å². The van der Waals surface area contributed by atoms with Crippen molar-refractivity contribution in [2.24, 2.45) is 5.73 Å². The summed E-state index contributed by atoms with van der Waals surface area (Å²) in [5.74, 6) is 0. The zero-order chi connectivity index (χ0) is 13.8. The highest BCUT2D eigenvalue weighted by Gasteiger charge is 2.07. The highest BCUT2D eigenvalue weighted by molar-refractivity contribution is 5.58. The van der Waals surface area contributed by atoms with Crippen LogP contribution in [0.15, 0.2) is 60.8 Å². The smallest absolute Gasteiger partial charge is 0.0889 e. The first-order valence-corrected chi connectivity index (χ1v) is 6.58. The summed E-state index contributed by atoms with van der Waals surface area (Å²) in [4.78, 5) is 0. The van der Waals surface area contributed by atoms with Crippen LogP contribution < -0.4 is 5.73 Å². The number of benzene rings is 2. The van der Waals surface area contributed by atoms with Gasteiger partial charge in [-0.2, -0.15) is 0 Å². The van der Waals surface area contributed by atoms with E-state index in [1.54, 1.807) is 6.20 Å². The van der Waals surface area contributed by atoms with Crippen molar-refractivity contribution in [3.63, 3.8) is 0 Å². The Bertz CT molecular complexity index is 671. The Hall–Kier alpha value is -2.46. The largest absolute Gasteiger partial charge is 0.326 e. The van der Waals surface area contributed by atoms with Gasteiger partial charge in [-0.25, -0.2) is 4.68 Å². The topological polar surface area (TPSA) is 56.7 Å². The molecule has 0 saturated carbocycles. The molecule has 3 rings (SSSR count). The van der Waals surface area contributed by atoms with E-state index in [0.29, 0.717) is 6.54 Å². The predicted octanol–water partition coefficient (Wildman–Crippen LogP) is 2.45. The Labute approximate surface area is 117 Å². The minimum atomic E-state index is 0.557. The number of rotatable bonds is 4. The van der Waals surface area contributed by atoms with E-state index in [2.05, 4.69) is 34.6 Å². The first-order chi connectivity index (χ1) is 9.86. The van der Waals surface area contributed by atoms with Crippen LogP contribution in [0.25, 0.3) is 11.3 Å². The van der Waals surface area contributed by atoms with Gasteiger partial charge in [-0.3, -0.25) is 0 Å². The Morgan fingerprint density at radius 3 is 2.35 bits per heavy atom. The molecule has 3 aromatic rings. The molecule has 0 aliphatic heterocycles. The predicted molar refractivity (Wildman–Crippen MR) is 78.9 cm³/mol. The lowest BCUT2D eigenvalue weighted by Gasteiger charge is -2.07. The van der Waals surface area contributed by atoms with Crippen LogP contribution in [0.2, 0.25) is 0 Å². The Balaban J connectivity index is 1.89. The van der Waals surface area contributed by atoms with Crippen molar-refractivity contribution in [3.05, 3.63) is 71.9 Å². The lowest BCUT2D eigenvalue weighted by atomic mass is 10.1. The molecule has 0 spiro atoms. The molecule has 0 atom stereocenters. The Morgan fingerprint density at radius 2 is 1.65 bits per heavy atom. The molecule has 0 radical (unpaired) electrons. The summed E-state index contributed by atoms with van der Waals surface area (Å²) in [7, 11) is 0. The number of hydrogen-bond donors (Lipinski definition) is 1. The quantitative estimate of drug-likeness (QED) is 0.787. The summed E-state index contributed by atoms with van der Waals surface area (Å²) >= 11 is 0. The average Bonchev–Trinajstić information content (AvgIpc) is 2.96. The summed E-state index contributed by atoms with van der Waals surface area (Å²) in [6.45, 7) is 1.27. The van der Waals surface area contributed by atoms with Gasteiger partial charge in [-0.1, -0.05) is 59.8 Å². The van der Waals surface area contributed by atoms with Crippen LogP contribution in [0.1, 0.15) is 11.1 Å². The maximum absolute atomic E-state index is 5.62. The van der Waals surface area contributed by atoms with Crippen LogP contribution in [0, 0.1) is 0 Å². The number of aromatic nitrogens is 3. The van der Waals surface area contributed by atoms with E-state index in [1.165, 1.54) is 5.56 Å². The Morgan fingerprint density at radius 1 is 0.900 bits per heavy atom. The average molecular weight is 264 g/mol. The molecule has 0 aliphatic carbocycles. The molecular weight excluding hydrogens is 248 g/mol. The lowest BCUT2D eigenvalue weighted by Crippen LogP contribution is -2.04. The summed E-state index contributed by atoms with van der Waals surface area (Å²) in [5, 5.41) is 8.20. The van der Waals surface area contributed by atoms with E-state index in [9.17, 15) is 0 Å². The minimum Gasteiger partial charge on any atom is -0.326 e. The Kier molecular flexibility index (Phi) is 3.56. The van der Waals surface area contributed by atoms with Crippen LogP contribution in [-0.4, -0.2) is 15.0 Å². The number of hydrogen-bond acceptors (Lipinski definition) is 3. The summed E-state index contributed by atoms with van der Waals surface area (Å²) < 4.78 is 1.91. The van der Waals surface area contributed by atoms with Crippen molar-refractivity contribution in [3.8, 4) is 11.3 Å². The van der Waals surface area contributed by atoms with E-state index in [-0.39, 0.29) is 0 Å². The molecule has 0 aliphatic rings. The van der Waals surface area contributed by atoms with Gasteiger partial charge in [0.15, 0.2) is 0 Å². The summed E-state index contributed by atoms with van der Waals surface area (Å²) in [5.41, 5.74) is 10.1. The lowest BCUT2D eigenvalue weighted by molar-refractivity contribution is 0.655. The minimum absolute atomic E-state index is 0.557. The van der Waals surface area contributed by atoms with Crippen molar-refractivity contribution in [1.29, 1.82) is 0 Å². The molecule has 1 aromatic heterocycles. The van der Waals surface area contributed by atoms with Gasteiger partial charge in [-0.15, -0.1) is 5.10 Å². The SMILES string of the molecule is NCc1ccc(-c2cnnn2Cc2ccccc2)cc1. The maximum atomic E-state index is 5.62. The van der Waals surface area contributed by atoms with Crippen LogP contribution in [-0.2, 0) is 13.1 Å². The summed E-state index contributed by atoms with van der Waals surface area (Å²) in [6.07, 6.45) is 1.79. The first-order valence-electron chi connectivity index (χ1n) is 6.58. The third-order valence-electron chi connectivity index (χ3n) is 3.28. The van der Waals surface area contributed by atoms with Gasteiger partial charge in [0.2, 0.25) is 0 Å². The second kappa shape index (κ2) is 5.67. The van der Waals surface area contributed by atoms with Crippen molar-refractivity contribution >= 4 is 0 Å². The molecule has 100 valence electrons. The van der Waals surface area contributed by atoms with Crippen molar-refractivity contribution in [1.82, 2.24) is 15.0 Å². The fourth-order valence-electron chi connectivity index (χ4n) is 2.17. The van der Waals surface area contributed by atoms with E-state index in [0.717, 1.165) is 23.4 Å². The standard InChI is InChI=1S/C16H16N4/c17-10-13-6-8-15(9-7-13)16-11-18-19-20(16)12-14-4-2-1-3-5-14/h1-9,11H,10,12,17H2. The van der Waals surface area contributed by atoms with Gasteiger partial charge in [0.05, 0.1) is 18.4 Å². The number of nitrogens with zero attached hydrogens (tertiary/aromatic N) is 3. The normalized spacial score (nSPS) is 10.7. The second-order valence-corrected chi connectivity index (χ2v) is 4.66. The van der Waals surface area contributed by atoms with Gasteiger partial charge in [-0.05, 0) is 11.1 Å². The molecular formula is C16H16N4. The molecule has 0 amide bonds. The van der Waals surface area contributed by atoms with Gasteiger partial charge >= 0.3 is 0 Å². The highest BCUT2D eigenvalue weighted by atomic mass is 15.4. The van der Waals surface area contributed by atoms with Crippen LogP contribution in [0.3, 0.4) is 0 Å². The molecule has 0 fully saturated rings. The van der Waals surface area contributed by atoms with Crippen molar-refractivity contribution in [2.45, 2.75) is 13.1 Å². The molecule has 4 heteroatoms. The molecule has 0 saturated heterocycles. The van der Waals surface area contributed by atoms with E-state index in [4.69, 9.17) is 5.73 Å². The van der Waals surface area contributed by atoms with Crippen LogP contribution in [0.5, 0.6) is 0 Å². The molecule has 2 aromatic carbocycles. The molecule has 2 N–H and O–H groups in total. The van der Waals surface area contributed by atoms with Gasteiger partial charge in [0.25, 0.3) is 0 Å². The fourth-order valence-corrected chi connectivity index (χ4v) is 2.17. The molecule has 0 unspecified atom stereocenters. The monoisotopic (exact) mass is 264 g/mol. The van der Waals surface area contributed by atoms with Crippen molar-refractivity contribution in [2.75, 3.05) is 0 Å². The molecule has 4 nitrogen and oxygen atoms in total. The first kappa shape index (κ1) is 12.6. The van der Waals surface area contributed by atoms with Gasteiger partial charge < -0.3 is 5.73 Å². The molecule has 20 heavy (non-hydrogen) atoms. The van der Waals surface area contributed by atoms with E-state index >= 15 is 0 Å². The van der Waals surface area contributed by atoms with Gasteiger partial charge in [0, 0.05) is 12.1 Å². The van der Waals surface area contributed by atoms with Crippen LogP contribution >= 0.6 is 0 Å². The summed E-state index contributed by atoms with van der Waals surface area (Å²) in [6, 6.07) is 18.4. The highest BCUT2D eigenvalue weighted by Crippen LogP contribution is 2.19. The second-order valence-electron chi connectivity index (χ2n) is 4.66. The van der Waals surface area contributed by atoms with Gasteiger partial charge in [0.1, 0.15) is 0 Å².